The summed E-state index contributed by atoms with van der Waals surface area (Å²) in [4.78, 5) is 14.5. The summed E-state index contributed by atoms with van der Waals surface area (Å²) in [6, 6.07) is 15.0. The molecule has 2 aromatic rings. The average molecular weight is 325 g/mol. The van der Waals surface area contributed by atoms with Gasteiger partial charge in [-0.3, -0.25) is 0 Å². The molecule has 0 unspecified atom stereocenters. The zero-order valence-corrected chi connectivity index (χ0v) is 13.9. The molecule has 0 bridgehead atoms. The Hall–Kier alpha value is -2.69. The number of methoxy groups -OCH3 is 1. The van der Waals surface area contributed by atoms with Crippen molar-refractivity contribution in [3.05, 3.63) is 48.5 Å². The summed E-state index contributed by atoms with van der Waals surface area (Å²) in [7, 11) is 1.60. The molecule has 2 amide bonds. The maximum atomic E-state index is 12.1. The third kappa shape index (κ3) is 4.19. The number of carbonyl (C=O) groups excluding carboxylic acids is 1. The monoisotopic (exact) mass is 325 g/mol. The van der Waals surface area contributed by atoms with Crippen LogP contribution in [-0.4, -0.2) is 26.2 Å². The molecule has 0 saturated carbocycles. The Labute approximate surface area is 142 Å². The Balaban J connectivity index is 1.57. The molecule has 1 heterocycles. The van der Waals surface area contributed by atoms with Gasteiger partial charge in [-0.15, -0.1) is 0 Å². The Morgan fingerprint density at radius 2 is 1.67 bits per heavy atom. The third-order valence-corrected chi connectivity index (χ3v) is 4.17. The highest BCUT2D eigenvalue weighted by atomic mass is 16.5. The van der Waals surface area contributed by atoms with E-state index in [-0.39, 0.29) is 6.03 Å². The maximum absolute atomic E-state index is 12.1. The third-order valence-electron chi connectivity index (χ3n) is 4.17. The quantitative estimate of drug-likeness (QED) is 0.880. The minimum Gasteiger partial charge on any atom is -0.497 e. The van der Waals surface area contributed by atoms with Crippen LogP contribution in [0, 0.1) is 0 Å². The first-order chi connectivity index (χ1) is 11.7. The molecule has 1 aliphatic rings. The summed E-state index contributed by atoms with van der Waals surface area (Å²) < 4.78 is 5.15. The summed E-state index contributed by atoms with van der Waals surface area (Å²) in [6.45, 7) is 2.23. The number of hydrogen-bond donors (Lipinski definition) is 2. The molecule has 5 nitrogen and oxygen atoms in total. The van der Waals surface area contributed by atoms with Crippen LogP contribution >= 0.6 is 0 Å². The van der Waals surface area contributed by atoms with E-state index in [0.29, 0.717) is 11.4 Å². The summed E-state index contributed by atoms with van der Waals surface area (Å²) in [5, 5.41) is 5.65. The number of piperidine rings is 1. The zero-order chi connectivity index (χ0) is 16.8. The van der Waals surface area contributed by atoms with Crippen molar-refractivity contribution in [3.63, 3.8) is 0 Å². The fourth-order valence-electron chi connectivity index (χ4n) is 2.90. The summed E-state index contributed by atoms with van der Waals surface area (Å²) in [5.41, 5.74) is 2.68. The van der Waals surface area contributed by atoms with Crippen LogP contribution in [0.3, 0.4) is 0 Å². The number of nitrogens with one attached hydrogen (secondary N) is 2. The Morgan fingerprint density at radius 3 is 2.38 bits per heavy atom. The van der Waals surface area contributed by atoms with Crippen LogP contribution in [-0.2, 0) is 0 Å². The lowest BCUT2D eigenvalue weighted by Crippen LogP contribution is -2.29. The van der Waals surface area contributed by atoms with E-state index in [2.05, 4.69) is 27.7 Å². The molecule has 0 aliphatic carbocycles. The van der Waals surface area contributed by atoms with Crippen molar-refractivity contribution < 1.29 is 9.53 Å². The topological polar surface area (TPSA) is 53.6 Å². The molecule has 1 saturated heterocycles. The standard InChI is InChI=1S/C19H23N3O2/c1-24-18-7-5-6-16(14-18)21-19(23)20-15-8-10-17(11-9-15)22-12-3-2-4-13-22/h5-11,14H,2-4,12-13H2,1H3,(H2,20,21,23). The molecule has 0 aromatic heterocycles. The number of urea groups is 1. The number of benzene rings is 2. The number of nitrogens with zero attached hydrogens (tertiary/aromatic N) is 1. The van der Waals surface area contributed by atoms with Crippen LogP contribution in [0.4, 0.5) is 21.9 Å². The fraction of sp³-hybridized carbons (Fsp3) is 0.316. The van der Waals surface area contributed by atoms with E-state index in [0.717, 1.165) is 18.8 Å². The highest BCUT2D eigenvalue weighted by molar-refractivity contribution is 5.99. The lowest BCUT2D eigenvalue weighted by Gasteiger charge is -2.28. The highest BCUT2D eigenvalue weighted by Gasteiger charge is 2.11. The van der Waals surface area contributed by atoms with Gasteiger partial charge in [0, 0.05) is 36.2 Å². The van der Waals surface area contributed by atoms with E-state index < -0.39 is 0 Å². The van der Waals surface area contributed by atoms with E-state index in [9.17, 15) is 4.79 Å². The van der Waals surface area contributed by atoms with Gasteiger partial charge in [0.1, 0.15) is 5.75 Å². The van der Waals surface area contributed by atoms with E-state index >= 15 is 0 Å². The normalized spacial score (nSPS) is 14.1. The molecular formula is C19H23N3O2. The van der Waals surface area contributed by atoms with Gasteiger partial charge in [-0.05, 0) is 55.7 Å². The largest absolute Gasteiger partial charge is 0.497 e. The molecule has 2 N–H and O–H groups in total. The van der Waals surface area contributed by atoms with E-state index in [1.807, 2.05) is 30.3 Å². The van der Waals surface area contributed by atoms with Gasteiger partial charge in [-0.2, -0.15) is 0 Å². The van der Waals surface area contributed by atoms with Crippen molar-refractivity contribution in [2.24, 2.45) is 0 Å². The molecule has 5 heteroatoms. The van der Waals surface area contributed by atoms with Crippen molar-refractivity contribution in [2.45, 2.75) is 19.3 Å². The number of amides is 2. The predicted molar refractivity (Wildman–Crippen MR) is 98.1 cm³/mol. The predicted octanol–water partition coefficient (Wildman–Crippen LogP) is 4.33. The lowest BCUT2D eigenvalue weighted by atomic mass is 10.1. The van der Waals surface area contributed by atoms with Gasteiger partial charge in [0.25, 0.3) is 0 Å². The van der Waals surface area contributed by atoms with E-state index in [1.165, 1.54) is 24.9 Å². The van der Waals surface area contributed by atoms with Crippen LogP contribution in [0.25, 0.3) is 0 Å². The Morgan fingerprint density at radius 1 is 0.958 bits per heavy atom. The van der Waals surface area contributed by atoms with Gasteiger partial charge >= 0.3 is 6.03 Å². The fourth-order valence-corrected chi connectivity index (χ4v) is 2.90. The summed E-state index contributed by atoms with van der Waals surface area (Å²) in [6.07, 6.45) is 3.83. The first-order valence-electron chi connectivity index (χ1n) is 8.32. The van der Waals surface area contributed by atoms with Crippen LogP contribution in [0.15, 0.2) is 48.5 Å². The zero-order valence-electron chi connectivity index (χ0n) is 13.9. The van der Waals surface area contributed by atoms with Gasteiger partial charge in [0.05, 0.1) is 7.11 Å². The average Bonchev–Trinajstić information content (AvgIpc) is 2.63. The van der Waals surface area contributed by atoms with Gasteiger partial charge in [0.15, 0.2) is 0 Å². The second kappa shape index (κ2) is 7.73. The Kier molecular flexibility index (Phi) is 5.21. The smallest absolute Gasteiger partial charge is 0.323 e. The molecule has 2 aromatic carbocycles. The molecule has 0 atom stereocenters. The van der Waals surface area contributed by atoms with Crippen molar-refractivity contribution in [3.8, 4) is 5.75 Å². The lowest BCUT2D eigenvalue weighted by molar-refractivity contribution is 0.262. The van der Waals surface area contributed by atoms with Crippen molar-refractivity contribution in [1.29, 1.82) is 0 Å². The van der Waals surface area contributed by atoms with Gasteiger partial charge < -0.3 is 20.3 Å². The van der Waals surface area contributed by atoms with Crippen molar-refractivity contribution in [1.82, 2.24) is 0 Å². The molecule has 1 aliphatic heterocycles. The number of rotatable bonds is 4. The number of carbonyl (C=O) groups is 1. The van der Waals surface area contributed by atoms with Crippen LogP contribution in [0.1, 0.15) is 19.3 Å². The number of anilines is 3. The molecule has 1 fully saturated rings. The first-order valence-corrected chi connectivity index (χ1v) is 8.32. The first kappa shape index (κ1) is 16.2. The minimum atomic E-state index is -0.269. The number of ether oxygens (including phenoxy) is 1. The SMILES string of the molecule is COc1cccc(NC(=O)Nc2ccc(N3CCCCC3)cc2)c1. The van der Waals surface area contributed by atoms with Crippen LogP contribution in [0.2, 0.25) is 0 Å². The van der Waals surface area contributed by atoms with Gasteiger partial charge in [-0.1, -0.05) is 6.07 Å². The molecule has 24 heavy (non-hydrogen) atoms. The van der Waals surface area contributed by atoms with Crippen LogP contribution < -0.4 is 20.3 Å². The van der Waals surface area contributed by atoms with Gasteiger partial charge in [-0.25, -0.2) is 4.79 Å². The molecule has 0 radical (unpaired) electrons. The molecule has 3 rings (SSSR count). The summed E-state index contributed by atoms with van der Waals surface area (Å²) in [5.74, 6) is 0.707. The second-order valence-electron chi connectivity index (χ2n) is 5.91. The molecular weight excluding hydrogens is 302 g/mol. The molecule has 0 spiro atoms. The Bertz CT molecular complexity index is 679. The second-order valence-corrected chi connectivity index (χ2v) is 5.91. The number of hydrogen-bond acceptors (Lipinski definition) is 3. The van der Waals surface area contributed by atoms with E-state index in [4.69, 9.17) is 4.74 Å². The van der Waals surface area contributed by atoms with Gasteiger partial charge in [0.2, 0.25) is 0 Å². The van der Waals surface area contributed by atoms with Crippen molar-refractivity contribution >= 4 is 23.1 Å². The summed E-state index contributed by atoms with van der Waals surface area (Å²) >= 11 is 0. The molecule has 126 valence electrons. The van der Waals surface area contributed by atoms with Crippen LogP contribution in [0.5, 0.6) is 5.75 Å². The van der Waals surface area contributed by atoms with E-state index in [1.54, 1.807) is 13.2 Å². The van der Waals surface area contributed by atoms with Crippen molar-refractivity contribution in [2.75, 3.05) is 35.7 Å². The maximum Gasteiger partial charge on any atom is 0.323 e. The minimum absolute atomic E-state index is 0.269. The highest BCUT2D eigenvalue weighted by Crippen LogP contribution is 2.22.